The van der Waals surface area contributed by atoms with Gasteiger partial charge in [-0.3, -0.25) is 14.4 Å². The number of hydroxylamine groups is 1. The van der Waals surface area contributed by atoms with Gasteiger partial charge in [-0.25, -0.2) is 9.96 Å². The van der Waals surface area contributed by atoms with Crippen LogP contribution in [-0.2, 0) is 14.4 Å². The van der Waals surface area contributed by atoms with E-state index in [2.05, 4.69) is 0 Å². The first-order valence-electron chi connectivity index (χ1n) is 10.5. The van der Waals surface area contributed by atoms with Gasteiger partial charge >= 0.3 is 0 Å². The van der Waals surface area contributed by atoms with E-state index in [9.17, 15) is 14.7 Å². The number of aromatic hydroxyl groups is 1. The van der Waals surface area contributed by atoms with Crippen molar-refractivity contribution >= 4 is 23.2 Å². The molecule has 2 fully saturated rings. The summed E-state index contributed by atoms with van der Waals surface area (Å²) in [5.41, 5.74) is 2.00. The van der Waals surface area contributed by atoms with Crippen molar-refractivity contribution in [3.05, 3.63) is 84.4 Å². The Labute approximate surface area is 185 Å². The maximum absolute atomic E-state index is 13.6. The van der Waals surface area contributed by atoms with Crippen LogP contribution in [0.5, 0.6) is 11.5 Å². The van der Waals surface area contributed by atoms with Crippen LogP contribution in [0.4, 0.5) is 11.4 Å². The Hall–Kier alpha value is -3.84. The van der Waals surface area contributed by atoms with Crippen molar-refractivity contribution in [1.29, 1.82) is 0 Å². The monoisotopic (exact) mass is 430 g/mol. The van der Waals surface area contributed by atoms with Crippen molar-refractivity contribution in [3.8, 4) is 11.5 Å². The van der Waals surface area contributed by atoms with Crippen LogP contribution < -0.4 is 14.7 Å². The molecule has 2 aliphatic heterocycles. The van der Waals surface area contributed by atoms with Crippen molar-refractivity contribution < 1.29 is 24.3 Å². The molecule has 162 valence electrons. The van der Waals surface area contributed by atoms with E-state index in [1.54, 1.807) is 53.6 Å². The lowest BCUT2D eigenvalue weighted by Gasteiger charge is -2.28. The second-order valence-corrected chi connectivity index (χ2v) is 7.69. The summed E-state index contributed by atoms with van der Waals surface area (Å²) in [5.74, 6) is -0.643. The summed E-state index contributed by atoms with van der Waals surface area (Å²) in [4.78, 5) is 34.1. The molecule has 2 aliphatic rings. The predicted molar refractivity (Wildman–Crippen MR) is 118 cm³/mol. The van der Waals surface area contributed by atoms with Gasteiger partial charge in [0, 0.05) is 0 Å². The second kappa shape index (κ2) is 8.01. The minimum Gasteiger partial charge on any atom is -0.508 e. The molecule has 0 unspecified atom stereocenters. The van der Waals surface area contributed by atoms with Crippen LogP contribution >= 0.6 is 0 Å². The van der Waals surface area contributed by atoms with Crippen molar-refractivity contribution in [3.63, 3.8) is 0 Å². The van der Waals surface area contributed by atoms with Crippen molar-refractivity contribution in [1.82, 2.24) is 0 Å². The molecular formula is C25H22N2O5. The molecule has 2 saturated heterocycles. The second-order valence-electron chi connectivity index (χ2n) is 7.69. The third-order valence-corrected chi connectivity index (χ3v) is 5.77. The maximum Gasteiger partial charge on any atom is 0.266 e. The smallest absolute Gasteiger partial charge is 0.266 e. The number of hydrogen-bond acceptors (Lipinski definition) is 6. The number of hydrogen-bond donors (Lipinski definition) is 1. The minimum absolute atomic E-state index is 0.125. The van der Waals surface area contributed by atoms with Crippen LogP contribution in [0.3, 0.4) is 0 Å². The number of anilines is 2. The summed E-state index contributed by atoms with van der Waals surface area (Å²) in [5, 5.41) is 11.4. The van der Waals surface area contributed by atoms with E-state index in [1.165, 1.54) is 4.90 Å². The lowest BCUT2D eigenvalue weighted by molar-refractivity contribution is -0.126. The van der Waals surface area contributed by atoms with Crippen molar-refractivity contribution in [2.45, 2.75) is 19.1 Å². The molecule has 0 spiro atoms. The molecule has 0 saturated carbocycles. The number of benzene rings is 3. The Morgan fingerprint density at radius 1 is 0.875 bits per heavy atom. The highest BCUT2D eigenvalue weighted by atomic mass is 16.7. The van der Waals surface area contributed by atoms with E-state index in [4.69, 9.17) is 9.57 Å². The van der Waals surface area contributed by atoms with E-state index >= 15 is 0 Å². The zero-order chi connectivity index (χ0) is 22.2. The number of carbonyl (C=O) groups excluding carboxylic acids is 2. The lowest BCUT2D eigenvalue weighted by atomic mass is 9.90. The van der Waals surface area contributed by atoms with E-state index in [-0.39, 0.29) is 11.7 Å². The van der Waals surface area contributed by atoms with E-state index < -0.39 is 24.0 Å². The summed E-state index contributed by atoms with van der Waals surface area (Å²) in [6.07, 6.45) is -0.937. The van der Waals surface area contributed by atoms with Gasteiger partial charge in [0.25, 0.3) is 5.91 Å². The van der Waals surface area contributed by atoms with E-state index in [0.717, 1.165) is 11.3 Å². The molecule has 0 bridgehead atoms. The van der Waals surface area contributed by atoms with Crippen molar-refractivity contribution in [2.24, 2.45) is 5.92 Å². The molecule has 0 aliphatic carbocycles. The van der Waals surface area contributed by atoms with Crippen LogP contribution in [0.15, 0.2) is 78.9 Å². The number of para-hydroxylation sites is 1. The number of imide groups is 1. The maximum atomic E-state index is 13.6. The van der Waals surface area contributed by atoms with Crippen LogP contribution in [0.25, 0.3) is 0 Å². The van der Waals surface area contributed by atoms with Gasteiger partial charge in [-0.1, -0.05) is 30.3 Å². The van der Waals surface area contributed by atoms with E-state index in [0.29, 0.717) is 18.0 Å². The van der Waals surface area contributed by atoms with Crippen LogP contribution in [0, 0.1) is 5.92 Å². The van der Waals surface area contributed by atoms with Crippen LogP contribution in [-0.4, -0.2) is 29.6 Å². The molecule has 3 atom stereocenters. The molecule has 2 heterocycles. The zero-order valence-corrected chi connectivity index (χ0v) is 17.4. The summed E-state index contributed by atoms with van der Waals surface area (Å²) in [6.45, 7) is 2.42. The number of nitrogens with zero attached hydrogens (tertiary/aromatic N) is 2. The average molecular weight is 430 g/mol. The molecule has 7 heteroatoms. The Kier molecular flexibility index (Phi) is 5.03. The summed E-state index contributed by atoms with van der Waals surface area (Å²) in [7, 11) is 0. The lowest BCUT2D eigenvalue weighted by Crippen LogP contribution is -2.37. The number of fused-ring (bicyclic) bond motifs is 1. The molecule has 1 N–H and O–H groups in total. The molecule has 0 radical (unpaired) electrons. The number of ether oxygens (including phenoxy) is 1. The van der Waals surface area contributed by atoms with Gasteiger partial charge in [-0.05, 0) is 61.0 Å². The molecule has 2 amide bonds. The molecule has 5 rings (SSSR count). The minimum atomic E-state index is -0.937. The first-order chi connectivity index (χ1) is 15.6. The Morgan fingerprint density at radius 2 is 1.56 bits per heavy atom. The highest BCUT2D eigenvalue weighted by Crippen LogP contribution is 2.47. The fourth-order valence-corrected chi connectivity index (χ4v) is 4.34. The number of amides is 2. The SMILES string of the molecule is CCOc1ccc(N2C(=O)[C@H]3[C@H](ON(c4ccccc4)[C@H]3c3ccc(O)cc3)C2=O)cc1. The zero-order valence-electron chi connectivity index (χ0n) is 17.4. The van der Waals surface area contributed by atoms with Gasteiger partial charge in [-0.2, -0.15) is 0 Å². The largest absolute Gasteiger partial charge is 0.508 e. The molecule has 7 nitrogen and oxygen atoms in total. The number of carbonyl (C=O) groups is 2. The van der Waals surface area contributed by atoms with Crippen LogP contribution in [0.2, 0.25) is 0 Å². The summed E-state index contributed by atoms with van der Waals surface area (Å²) >= 11 is 0. The van der Waals surface area contributed by atoms with Crippen LogP contribution in [0.1, 0.15) is 18.5 Å². The predicted octanol–water partition coefficient (Wildman–Crippen LogP) is 3.84. The summed E-state index contributed by atoms with van der Waals surface area (Å²) in [6, 6.07) is 22.4. The Bertz CT molecular complexity index is 1130. The standard InChI is InChI=1S/C25H22N2O5/c1-2-31-20-14-10-17(11-15-20)26-24(29)21-22(16-8-12-19(28)13-9-16)27(32-23(21)25(26)30)18-6-4-3-5-7-18/h3-15,21-23,28H,2H2,1H3/t21-,22+,23+/m1/s1. The highest BCUT2D eigenvalue weighted by molar-refractivity contribution is 6.23. The molecule has 3 aromatic rings. The van der Waals surface area contributed by atoms with Gasteiger partial charge in [0.1, 0.15) is 17.4 Å². The fourth-order valence-electron chi connectivity index (χ4n) is 4.34. The first-order valence-corrected chi connectivity index (χ1v) is 10.5. The number of phenols is 1. The third kappa shape index (κ3) is 3.27. The Morgan fingerprint density at radius 3 is 2.22 bits per heavy atom. The molecule has 3 aromatic carbocycles. The van der Waals surface area contributed by atoms with Gasteiger partial charge in [0.2, 0.25) is 5.91 Å². The number of rotatable bonds is 5. The van der Waals surface area contributed by atoms with Gasteiger partial charge in [0.05, 0.1) is 24.0 Å². The molecular weight excluding hydrogens is 408 g/mol. The average Bonchev–Trinajstić information content (AvgIpc) is 3.32. The number of phenolic OH excluding ortho intramolecular Hbond substituents is 1. The van der Waals surface area contributed by atoms with Crippen molar-refractivity contribution in [2.75, 3.05) is 16.6 Å². The molecule has 0 aromatic heterocycles. The summed E-state index contributed by atoms with van der Waals surface area (Å²) < 4.78 is 5.46. The fraction of sp³-hybridized carbons (Fsp3) is 0.200. The topological polar surface area (TPSA) is 79.3 Å². The Balaban J connectivity index is 1.53. The highest BCUT2D eigenvalue weighted by Gasteiger charge is 2.60. The first kappa shape index (κ1) is 20.1. The van der Waals surface area contributed by atoms with E-state index in [1.807, 2.05) is 37.3 Å². The van der Waals surface area contributed by atoms with Gasteiger partial charge in [0.15, 0.2) is 6.10 Å². The van der Waals surface area contributed by atoms with Gasteiger partial charge in [-0.15, -0.1) is 0 Å². The third-order valence-electron chi connectivity index (χ3n) is 5.77. The normalized spacial score (nSPS) is 22.3. The molecule has 32 heavy (non-hydrogen) atoms. The quantitative estimate of drug-likeness (QED) is 0.620. The van der Waals surface area contributed by atoms with Gasteiger partial charge < -0.3 is 9.84 Å².